The van der Waals surface area contributed by atoms with Crippen molar-refractivity contribution in [3.63, 3.8) is 0 Å². The first-order valence-corrected chi connectivity index (χ1v) is 11.4. The number of para-hydroxylation sites is 1. The summed E-state index contributed by atoms with van der Waals surface area (Å²) in [5.41, 5.74) is 2.07. The van der Waals surface area contributed by atoms with E-state index in [1.54, 1.807) is 0 Å². The highest BCUT2D eigenvalue weighted by Crippen LogP contribution is 2.29. The molecule has 1 saturated heterocycles. The van der Waals surface area contributed by atoms with E-state index in [-0.39, 0.29) is 11.8 Å². The Morgan fingerprint density at radius 3 is 2.53 bits per heavy atom. The second kappa shape index (κ2) is 9.14. The Morgan fingerprint density at radius 1 is 1.17 bits per heavy atom. The van der Waals surface area contributed by atoms with E-state index in [1.165, 1.54) is 16.9 Å². The Kier molecular flexibility index (Phi) is 6.35. The maximum Gasteiger partial charge on any atom is 0.280 e. The number of rotatable bonds is 5. The number of fused-ring (bicyclic) bond motifs is 1. The van der Waals surface area contributed by atoms with Crippen LogP contribution >= 0.6 is 22.9 Å². The van der Waals surface area contributed by atoms with E-state index in [9.17, 15) is 9.59 Å². The third-order valence-corrected chi connectivity index (χ3v) is 6.93. The summed E-state index contributed by atoms with van der Waals surface area (Å²) in [5.74, 6) is 0.137. The van der Waals surface area contributed by atoms with Gasteiger partial charge in [0.25, 0.3) is 5.91 Å². The van der Waals surface area contributed by atoms with Gasteiger partial charge in [-0.15, -0.1) is 11.3 Å². The summed E-state index contributed by atoms with van der Waals surface area (Å²) >= 11 is 7.33. The first kappa shape index (κ1) is 20.8. The molecule has 0 bridgehead atoms. The van der Waals surface area contributed by atoms with Crippen molar-refractivity contribution in [2.45, 2.75) is 38.1 Å². The van der Waals surface area contributed by atoms with Crippen LogP contribution in [0.2, 0.25) is 5.02 Å². The number of hydrogen-bond acceptors (Lipinski definition) is 4. The van der Waals surface area contributed by atoms with Crippen molar-refractivity contribution in [2.24, 2.45) is 0 Å². The van der Waals surface area contributed by atoms with Crippen LogP contribution in [0.5, 0.6) is 0 Å². The van der Waals surface area contributed by atoms with Crippen LogP contribution in [0.25, 0.3) is 10.2 Å². The van der Waals surface area contributed by atoms with Crippen LogP contribution in [-0.4, -0.2) is 40.8 Å². The van der Waals surface area contributed by atoms with Gasteiger partial charge in [-0.3, -0.25) is 9.59 Å². The van der Waals surface area contributed by atoms with Crippen molar-refractivity contribution < 1.29 is 9.59 Å². The molecule has 1 aliphatic rings. The molecule has 1 N–H and O–H groups in total. The Morgan fingerprint density at radius 2 is 1.87 bits per heavy atom. The molecule has 1 aromatic heterocycles. The summed E-state index contributed by atoms with van der Waals surface area (Å²) in [5, 5.41) is 4.02. The third kappa shape index (κ3) is 4.50. The molecule has 1 fully saturated rings. The molecular weight excluding hydrogens is 418 g/mol. The number of carbonyl (C=O) groups is 2. The summed E-state index contributed by atoms with van der Waals surface area (Å²) < 4.78 is 0.964. The van der Waals surface area contributed by atoms with Crippen LogP contribution in [0.4, 0.5) is 0 Å². The highest BCUT2D eigenvalue weighted by Gasteiger charge is 2.29. The molecule has 2 heterocycles. The quantitative estimate of drug-likeness (QED) is 0.614. The number of carbonyl (C=O) groups excluding carboxylic acids is 2. The van der Waals surface area contributed by atoms with Gasteiger partial charge >= 0.3 is 0 Å². The second-order valence-corrected chi connectivity index (χ2v) is 9.04. The highest BCUT2D eigenvalue weighted by molar-refractivity contribution is 7.20. The first-order valence-electron chi connectivity index (χ1n) is 10.3. The molecule has 2 amide bonds. The second-order valence-electron chi connectivity index (χ2n) is 7.57. The molecule has 3 aromatic rings. The lowest BCUT2D eigenvalue weighted by Crippen LogP contribution is -2.50. The molecule has 156 valence electrons. The Bertz CT molecular complexity index is 1010. The zero-order valence-corrected chi connectivity index (χ0v) is 18.4. The summed E-state index contributed by atoms with van der Waals surface area (Å²) in [6.45, 7) is 3.31. The summed E-state index contributed by atoms with van der Waals surface area (Å²) in [4.78, 5) is 32.0. The minimum atomic E-state index is -0.531. The van der Waals surface area contributed by atoms with Crippen molar-refractivity contribution in [1.82, 2.24) is 15.2 Å². The standard InChI is InChI=1S/C23H24ClN3O2S/c1-2-18(25-21(28)22-26-19-5-3-4-6-20(19)30-22)23(29)27-13-11-16(12-14-27)15-7-9-17(24)10-8-15/h3-10,16,18H,2,11-14H2,1H3,(H,25,28)/t18-/m1/s1. The van der Waals surface area contributed by atoms with Gasteiger partial charge in [0.05, 0.1) is 10.2 Å². The maximum absolute atomic E-state index is 13.0. The summed E-state index contributed by atoms with van der Waals surface area (Å²) in [7, 11) is 0. The Balaban J connectivity index is 1.36. The lowest BCUT2D eigenvalue weighted by atomic mass is 9.89. The van der Waals surface area contributed by atoms with Crippen molar-refractivity contribution in [3.8, 4) is 0 Å². The number of piperidine rings is 1. The molecule has 4 rings (SSSR count). The van der Waals surface area contributed by atoms with E-state index in [0.717, 1.165) is 28.1 Å². The van der Waals surface area contributed by atoms with Gasteiger partial charge in [0, 0.05) is 18.1 Å². The maximum atomic E-state index is 13.0. The van der Waals surface area contributed by atoms with Gasteiger partial charge in [0.15, 0.2) is 5.01 Å². The van der Waals surface area contributed by atoms with Crippen molar-refractivity contribution >= 4 is 45.0 Å². The fourth-order valence-electron chi connectivity index (χ4n) is 3.92. The number of hydrogen-bond donors (Lipinski definition) is 1. The minimum absolute atomic E-state index is 0.0125. The number of halogens is 1. The number of amides is 2. The topological polar surface area (TPSA) is 62.3 Å². The van der Waals surface area contributed by atoms with Crippen LogP contribution in [-0.2, 0) is 4.79 Å². The molecule has 0 saturated carbocycles. The van der Waals surface area contributed by atoms with Gasteiger partial charge in [-0.2, -0.15) is 0 Å². The SMILES string of the molecule is CC[C@@H](NC(=O)c1nc2ccccc2s1)C(=O)N1CCC(c2ccc(Cl)cc2)CC1. The molecular formula is C23H24ClN3O2S. The van der Waals surface area contributed by atoms with E-state index >= 15 is 0 Å². The highest BCUT2D eigenvalue weighted by atomic mass is 35.5. The molecule has 2 aromatic carbocycles. The number of thiazole rings is 1. The van der Waals surface area contributed by atoms with Crippen LogP contribution < -0.4 is 5.32 Å². The van der Waals surface area contributed by atoms with Crippen LogP contribution in [0.15, 0.2) is 48.5 Å². The van der Waals surface area contributed by atoms with Crippen molar-refractivity contribution in [1.29, 1.82) is 0 Å². The Labute approximate surface area is 185 Å². The normalized spacial score (nSPS) is 15.9. The predicted molar refractivity (Wildman–Crippen MR) is 121 cm³/mol. The monoisotopic (exact) mass is 441 g/mol. The van der Waals surface area contributed by atoms with E-state index < -0.39 is 6.04 Å². The lowest BCUT2D eigenvalue weighted by molar-refractivity contribution is -0.134. The van der Waals surface area contributed by atoms with Gasteiger partial charge in [-0.1, -0.05) is 42.8 Å². The van der Waals surface area contributed by atoms with Gasteiger partial charge in [0.2, 0.25) is 5.91 Å². The van der Waals surface area contributed by atoms with Crippen molar-refractivity contribution in [3.05, 3.63) is 64.1 Å². The molecule has 1 aliphatic heterocycles. The van der Waals surface area contributed by atoms with Gasteiger partial charge < -0.3 is 10.2 Å². The number of benzene rings is 2. The average Bonchev–Trinajstić information content (AvgIpc) is 3.22. The van der Waals surface area contributed by atoms with Crippen LogP contribution in [0, 0.1) is 0 Å². The Hall–Kier alpha value is -2.44. The van der Waals surface area contributed by atoms with E-state index in [1.807, 2.05) is 48.2 Å². The number of aromatic nitrogens is 1. The fraction of sp³-hybridized carbons (Fsp3) is 0.348. The van der Waals surface area contributed by atoms with Crippen molar-refractivity contribution in [2.75, 3.05) is 13.1 Å². The largest absolute Gasteiger partial charge is 0.341 e. The number of nitrogens with zero attached hydrogens (tertiary/aromatic N) is 2. The molecule has 5 nitrogen and oxygen atoms in total. The lowest BCUT2D eigenvalue weighted by Gasteiger charge is -2.34. The van der Waals surface area contributed by atoms with Gasteiger partial charge in [-0.25, -0.2) is 4.98 Å². The molecule has 1 atom stereocenters. The van der Waals surface area contributed by atoms with E-state index in [4.69, 9.17) is 11.6 Å². The van der Waals surface area contributed by atoms with Crippen LogP contribution in [0.3, 0.4) is 0 Å². The van der Waals surface area contributed by atoms with Crippen LogP contribution in [0.1, 0.15) is 47.5 Å². The molecule has 30 heavy (non-hydrogen) atoms. The molecule has 0 spiro atoms. The van der Waals surface area contributed by atoms with Gasteiger partial charge in [-0.05, 0) is 55.0 Å². The summed E-state index contributed by atoms with van der Waals surface area (Å²) in [6.07, 6.45) is 2.37. The minimum Gasteiger partial charge on any atom is -0.341 e. The van der Waals surface area contributed by atoms with E-state index in [0.29, 0.717) is 30.4 Å². The molecule has 7 heteroatoms. The summed E-state index contributed by atoms with van der Waals surface area (Å²) in [6, 6.07) is 15.1. The molecule has 0 radical (unpaired) electrons. The third-order valence-electron chi connectivity index (χ3n) is 5.65. The van der Waals surface area contributed by atoms with E-state index in [2.05, 4.69) is 22.4 Å². The molecule has 0 aliphatic carbocycles. The van der Waals surface area contributed by atoms with Gasteiger partial charge in [0.1, 0.15) is 6.04 Å². The predicted octanol–water partition coefficient (Wildman–Crippen LogP) is 4.86. The average molecular weight is 442 g/mol. The molecule has 0 unspecified atom stereocenters. The number of nitrogens with one attached hydrogen (secondary N) is 1. The zero-order valence-electron chi connectivity index (χ0n) is 16.8. The fourth-order valence-corrected chi connectivity index (χ4v) is 4.91. The smallest absolute Gasteiger partial charge is 0.280 e. The zero-order chi connectivity index (χ0) is 21.1. The number of likely N-dealkylation sites (tertiary alicyclic amines) is 1. The first-order chi connectivity index (χ1) is 14.5.